The summed E-state index contributed by atoms with van der Waals surface area (Å²) in [5, 5.41) is 17.6. The lowest BCUT2D eigenvalue weighted by Crippen LogP contribution is -2.16. The molecule has 2 aromatic rings. The maximum Gasteiger partial charge on any atom is 0.434 e. The Labute approximate surface area is 126 Å². The highest BCUT2D eigenvalue weighted by atomic mass is 35.5. The van der Waals surface area contributed by atoms with Crippen molar-refractivity contribution in [2.75, 3.05) is 5.32 Å². The van der Waals surface area contributed by atoms with Gasteiger partial charge in [0.2, 0.25) is 0 Å². The van der Waals surface area contributed by atoms with Crippen molar-refractivity contribution in [2.45, 2.75) is 6.18 Å². The Morgan fingerprint density at radius 3 is 2.55 bits per heavy atom. The van der Waals surface area contributed by atoms with Crippen molar-refractivity contribution in [1.29, 1.82) is 5.26 Å². The van der Waals surface area contributed by atoms with E-state index in [-0.39, 0.29) is 11.4 Å². The van der Waals surface area contributed by atoms with Crippen LogP contribution in [0, 0.1) is 11.3 Å². The fourth-order valence-electron chi connectivity index (χ4n) is 1.79. The van der Waals surface area contributed by atoms with Gasteiger partial charge in [0.1, 0.15) is 22.5 Å². The Bertz CT molecular complexity index is 785. The molecular formula is C11H8ClF3N6O. The summed E-state index contributed by atoms with van der Waals surface area (Å²) in [5.41, 5.74) is -1.77. The van der Waals surface area contributed by atoms with Crippen molar-refractivity contribution >= 4 is 23.3 Å². The van der Waals surface area contributed by atoms with Crippen LogP contribution in [-0.2, 0) is 20.3 Å². The molecule has 11 heteroatoms. The standard InChI is InChI=1S/C11H8ClF3N6O/c1-20-8(11(13,14)15)6(12)7(19-20)10(22)18-9-5(3-16)4-17-21(9)2/h4H,1-2H3,(H,18,22). The van der Waals surface area contributed by atoms with Gasteiger partial charge in [0.05, 0.1) is 6.20 Å². The maximum absolute atomic E-state index is 12.8. The number of hydrogen-bond donors (Lipinski definition) is 1. The van der Waals surface area contributed by atoms with Gasteiger partial charge in [-0.2, -0.15) is 28.6 Å². The van der Waals surface area contributed by atoms with E-state index in [1.54, 1.807) is 6.07 Å². The van der Waals surface area contributed by atoms with Gasteiger partial charge in [-0.3, -0.25) is 14.2 Å². The quantitative estimate of drug-likeness (QED) is 0.910. The molecule has 0 aromatic carbocycles. The number of halogens is 4. The topological polar surface area (TPSA) is 88.5 Å². The molecule has 0 unspecified atom stereocenters. The van der Waals surface area contributed by atoms with Gasteiger partial charge in [0.15, 0.2) is 11.4 Å². The number of amides is 1. The van der Waals surface area contributed by atoms with E-state index in [0.29, 0.717) is 4.68 Å². The molecule has 2 heterocycles. The van der Waals surface area contributed by atoms with E-state index in [2.05, 4.69) is 15.5 Å². The van der Waals surface area contributed by atoms with Gasteiger partial charge in [-0.15, -0.1) is 0 Å². The van der Waals surface area contributed by atoms with Crippen molar-refractivity contribution in [3.05, 3.63) is 28.2 Å². The van der Waals surface area contributed by atoms with Gasteiger partial charge < -0.3 is 5.32 Å². The number of carbonyl (C=O) groups excluding carboxylic acids is 1. The Morgan fingerprint density at radius 1 is 1.41 bits per heavy atom. The van der Waals surface area contributed by atoms with Gasteiger partial charge >= 0.3 is 6.18 Å². The fourth-order valence-corrected chi connectivity index (χ4v) is 2.14. The third-order valence-corrected chi connectivity index (χ3v) is 3.12. The van der Waals surface area contributed by atoms with Crippen LogP contribution in [0.1, 0.15) is 21.7 Å². The molecule has 22 heavy (non-hydrogen) atoms. The SMILES string of the molecule is Cn1ncc(C#N)c1NC(=O)c1nn(C)c(C(F)(F)F)c1Cl. The van der Waals surface area contributed by atoms with E-state index in [1.807, 2.05) is 0 Å². The Morgan fingerprint density at radius 2 is 2.05 bits per heavy atom. The van der Waals surface area contributed by atoms with E-state index in [9.17, 15) is 18.0 Å². The molecule has 0 aliphatic rings. The largest absolute Gasteiger partial charge is 0.434 e. The van der Waals surface area contributed by atoms with Crippen molar-refractivity contribution in [3.8, 4) is 6.07 Å². The molecule has 1 N–H and O–H groups in total. The van der Waals surface area contributed by atoms with E-state index in [4.69, 9.17) is 16.9 Å². The normalized spacial score (nSPS) is 11.3. The number of carbonyl (C=O) groups is 1. The number of anilines is 1. The molecule has 0 atom stereocenters. The summed E-state index contributed by atoms with van der Waals surface area (Å²) in [5.74, 6) is -0.945. The van der Waals surface area contributed by atoms with Crippen molar-refractivity contribution < 1.29 is 18.0 Å². The molecule has 0 bridgehead atoms. The average Bonchev–Trinajstić information content (AvgIpc) is 2.90. The summed E-state index contributed by atoms with van der Waals surface area (Å²) in [6.45, 7) is 0. The van der Waals surface area contributed by atoms with Gasteiger partial charge in [0.25, 0.3) is 5.91 Å². The minimum Gasteiger partial charge on any atom is -0.304 e. The molecule has 0 saturated carbocycles. The number of aromatic nitrogens is 4. The Kier molecular flexibility index (Phi) is 3.85. The first-order valence-corrected chi connectivity index (χ1v) is 6.07. The Balaban J connectivity index is 2.40. The number of aryl methyl sites for hydroxylation is 2. The average molecular weight is 333 g/mol. The van der Waals surface area contributed by atoms with Crippen LogP contribution in [0.5, 0.6) is 0 Å². The summed E-state index contributed by atoms with van der Waals surface area (Å²) in [4.78, 5) is 12.1. The number of alkyl halides is 3. The second-order valence-corrected chi connectivity index (χ2v) is 4.61. The van der Waals surface area contributed by atoms with Crippen LogP contribution >= 0.6 is 11.6 Å². The van der Waals surface area contributed by atoms with Crippen molar-refractivity contribution in [3.63, 3.8) is 0 Å². The molecule has 2 aromatic heterocycles. The van der Waals surface area contributed by atoms with Crippen LogP contribution in [0.4, 0.5) is 19.0 Å². The molecule has 0 aliphatic carbocycles. The van der Waals surface area contributed by atoms with Crippen LogP contribution in [-0.4, -0.2) is 25.5 Å². The molecule has 0 fully saturated rings. The number of nitrogens with zero attached hydrogens (tertiary/aromatic N) is 5. The van der Waals surface area contributed by atoms with Gasteiger partial charge in [0, 0.05) is 14.1 Å². The predicted octanol–water partition coefficient (Wildman–Crippen LogP) is 1.95. The lowest BCUT2D eigenvalue weighted by atomic mass is 10.3. The van der Waals surface area contributed by atoms with E-state index in [0.717, 1.165) is 7.05 Å². The van der Waals surface area contributed by atoms with E-state index >= 15 is 0 Å². The van der Waals surface area contributed by atoms with Crippen LogP contribution in [0.2, 0.25) is 5.02 Å². The molecule has 116 valence electrons. The molecular weight excluding hydrogens is 325 g/mol. The van der Waals surface area contributed by atoms with Gasteiger partial charge in [-0.1, -0.05) is 11.6 Å². The summed E-state index contributed by atoms with van der Waals surface area (Å²) >= 11 is 5.61. The lowest BCUT2D eigenvalue weighted by Gasteiger charge is -2.06. The van der Waals surface area contributed by atoms with Gasteiger partial charge in [-0.05, 0) is 0 Å². The highest BCUT2D eigenvalue weighted by molar-refractivity contribution is 6.34. The zero-order valence-electron chi connectivity index (χ0n) is 11.2. The molecule has 0 aliphatic heterocycles. The molecule has 0 saturated heterocycles. The van der Waals surface area contributed by atoms with Crippen molar-refractivity contribution in [1.82, 2.24) is 19.6 Å². The summed E-state index contributed by atoms with van der Waals surface area (Å²) < 4.78 is 40.1. The molecule has 2 rings (SSSR count). The summed E-state index contributed by atoms with van der Waals surface area (Å²) in [6, 6.07) is 1.79. The lowest BCUT2D eigenvalue weighted by molar-refractivity contribution is -0.143. The summed E-state index contributed by atoms with van der Waals surface area (Å²) in [7, 11) is 2.48. The first-order chi connectivity index (χ1) is 10.2. The number of rotatable bonds is 2. The first-order valence-electron chi connectivity index (χ1n) is 5.70. The van der Waals surface area contributed by atoms with Crippen LogP contribution < -0.4 is 5.32 Å². The first kappa shape index (κ1) is 15.8. The molecule has 1 amide bonds. The zero-order chi connectivity index (χ0) is 16.7. The number of nitriles is 1. The zero-order valence-corrected chi connectivity index (χ0v) is 12.0. The minimum atomic E-state index is -4.75. The highest BCUT2D eigenvalue weighted by Gasteiger charge is 2.40. The molecule has 0 radical (unpaired) electrons. The van der Waals surface area contributed by atoms with Crippen LogP contribution in [0.25, 0.3) is 0 Å². The van der Waals surface area contributed by atoms with Gasteiger partial charge in [-0.25, -0.2) is 0 Å². The monoisotopic (exact) mass is 332 g/mol. The Hall–Kier alpha value is -2.54. The van der Waals surface area contributed by atoms with E-state index < -0.39 is 28.5 Å². The number of hydrogen-bond acceptors (Lipinski definition) is 4. The third-order valence-electron chi connectivity index (χ3n) is 2.76. The summed E-state index contributed by atoms with van der Waals surface area (Å²) in [6.07, 6.45) is -3.54. The highest BCUT2D eigenvalue weighted by Crippen LogP contribution is 2.36. The number of nitrogens with one attached hydrogen (secondary N) is 1. The van der Waals surface area contributed by atoms with E-state index in [1.165, 1.54) is 17.9 Å². The smallest absolute Gasteiger partial charge is 0.304 e. The second-order valence-electron chi connectivity index (χ2n) is 4.23. The molecule has 0 spiro atoms. The van der Waals surface area contributed by atoms with Crippen molar-refractivity contribution in [2.24, 2.45) is 14.1 Å². The van der Waals surface area contributed by atoms with Crippen LogP contribution in [0.15, 0.2) is 6.20 Å². The second kappa shape index (κ2) is 5.34. The minimum absolute atomic E-state index is 0.0304. The fraction of sp³-hybridized carbons (Fsp3) is 0.273. The maximum atomic E-state index is 12.8. The molecule has 7 nitrogen and oxygen atoms in total. The third kappa shape index (κ3) is 2.62. The predicted molar refractivity (Wildman–Crippen MR) is 69.1 cm³/mol. The van der Waals surface area contributed by atoms with Crippen LogP contribution in [0.3, 0.4) is 0 Å².